The van der Waals surface area contributed by atoms with Gasteiger partial charge in [-0.3, -0.25) is 9.52 Å². The molecule has 1 aromatic carbocycles. The number of piperidine rings is 1. The molecule has 1 aliphatic rings. The van der Waals surface area contributed by atoms with Crippen LogP contribution in [0.2, 0.25) is 0 Å². The van der Waals surface area contributed by atoms with Crippen LogP contribution in [0.4, 0.5) is 5.69 Å². The minimum absolute atomic E-state index is 0.141. The van der Waals surface area contributed by atoms with Gasteiger partial charge < -0.3 is 10.2 Å². The Morgan fingerprint density at radius 1 is 1.14 bits per heavy atom. The molecule has 8 heteroatoms. The second-order valence-electron chi connectivity index (χ2n) is 7.93. The summed E-state index contributed by atoms with van der Waals surface area (Å²) < 4.78 is 27.3. The third-order valence-corrected chi connectivity index (χ3v) is 7.82. The van der Waals surface area contributed by atoms with Crippen LogP contribution in [0, 0.1) is 11.8 Å². The van der Waals surface area contributed by atoms with Crippen molar-refractivity contribution in [2.24, 2.45) is 11.8 Å². The zero-order chi connectivity index (χ0) is 20.9. The zero-order valence-electron chi connectivity index (χ0n) is 16.9. The number of nitrogens with zero attached hydrogens (tertiary/aromatic N) is 1. The first-order valence-corrected chi connectivity index (χ1v) is 12.4. The van der Waals surface area contributed by atoms with Gasteiger partial charge in [-0.1, -0.05) is 19.9 Å². The molecule has 0 radical (unpaired) electrons. The highest BCUT2D eigenvalue weighted by molar-refractivity contribution is 7.94. The third-order valence-electron chi connectivity index (χ3n) is 5.04. The van der Waals surface area contributed by atoms with E-state index in [1.54, 1.807) is 41.8 Å². The Morgan fingerprint density at radius 3 is 2.45 bits per heavy atom. The first kappa shape index (κ1) is 21.8. The molecular weight excluding hydrogens is 406 g/mol. The lowest BCUT2D eigenvalue weighted by molar-refractivity contribution is 0.0947. The largest absolute Gasteiger partial charge is 0.352 e. The summed E-state index contributed by atoms with van der Waals surface area (Å²) in [5.74, 6) is 1.34. The van der Waals surface area contributed by atoms with Crippen molar-refractivity contribution in [3.8, 4) is 0 Å². The molecule has 2 heterocycles. The molecule has 0 spiro atoms. The van der Waals surface area contributed by atoms with Gasteiger partial charge in [0.15, 0.2) is 0 Å². The van der Waals surface area contributed by atoms with E-state index in [2.05, 4.69) is 28.8 Å². The molecule has 2 aromatic rings. The van der Waals surface area contributed by atoms with Crippen LogP contribution in [0.15, 0.2) is 46.0 Å². The molecule has 0 unspecified atom stereocenters. The summed E-state index contributed by atoms with van der Waals surface area (Å²) >= 11 is 1.16. The second-order valence-corrected chi connectivity index (χ2v) is 10.8. The molecule has 0 saturated carbocycles. The molecule has 0 bridgehead atoms. The van der Waals surface area contributed by atoms with Crippen LogP contribution in [-0.2, 0) is 10.0 Å². The molecule has 1 aromatic heterocycles. The van der Waals surface area contributed by atoms with E-state index < -0.39 is 10.0 Å². The number of carbonyl (C=O) groups is 1. The highest BCUT2D eigenvalue weighted by Crippen LogP contribution is 2.21. The number of benzene rings is 1. The van der Waals surface area contributed by atoms with Crippen molar-refractivity contribution < 1.29 is 13.2 Å². The first-order chi connectivity index (χ1) is 13.8. The van der Waals surface area contributed by atoms with Crippen molar-refractivity contribution in [2.45, 2.75) is 30.9 Å². The van der Waals surface area contributed by atoms with Gasteiger partial charge in [0.25, 0.3) is 15.9 Å². The Balaban J connectivity index is 1.44. The summed E-state index contributed by atoms with van der Waals surface area (Å²) in [6.07, 6.45) is 2.22. The quantitative estimate of drug-likeness (QED) is 0.621. The van der Waals surface area contributed by atoms with Crippen molar-refractivity contribution in [1.29, 1.82) is 0 Å². The normalized spacial score (nSPS) is 20.3. The lowest BCUT2D eigenvalue weighted by atomic mass is 9.92. The summed E-state index contributed by atoms with van der Waals surface area (Å²) in [5, 5.41) is 4.67. The summed E-state index contributed by atoms with van der Waals surface area (Å²) in [6, 6.07) is 9.73. The number of amides is 1. The van der Waals surface area contributed by atoms with Crippen molar-refractivity contribution in [2.75, 3.05) is 30.9 Å². The van der Waals surface area contributed by atoms with Crippen molar-refractivity contribution in [3.05, 3.63) is 47.3 Å². The van der Waals surface area contributed by atoms with Gasteiger partial charge in [-0.05, 0) is 66.9 Å². The molecule has 0 aliphatic carbocycles. The van der Waals surface area contributed by atoms with Gasteiger partial charge in [-0.15, -0.1) is 11.3 Å². The molecule has 1 saturated heterocycles. The fourth-order valence-electron chi connectivity index (χ4n) is 3.89. The van der Waals surface area contributed by atoms with E-state index >= 15 is 0 Å². The van der Waals surface area contributed by atoms with Gasteiger partial charge in [0.2, 0.25) is 0 Å². The lowest BCUT2D eigenvalue weighted by Gasteiger charge is -2.34. The fraction of sp³-hybridized carbons (Fsp3) is 0.476. The van der Waals surface area contributed by atoms with Gasteiger partial charge in [-0.25, -0.2) is 8.42 Å². The lowest BCUT2D eigenvalue weighted by Crippen LogP contribution is -2.40. The zero-order valence-corrected chi connectivity index (χ0v) is 18.6. The third kappa shape index (κ3) is 6.29. The molecule has 1 fully saturated rings. The summed E-state index contributed by atoms with van der Waals surface area (Å²) in [7, 11) is -3.58. The number of hydrogen-bond donors (Lipinski definition) is 2. The number of nitrogens with one attached hydrogen (secondary N) is 2. The molecule has 1 aliphatic heterocycles. The number of thiophene rings is 1. The van der Waals surface area contributed by atoms with Crippen molar-refractivity contribution in [1.82, 2.24) is 10.2 Å². The summed E-state index contributed by atoms with van der Waals surface area (Å²) in [4.78, 5) is 14.8. The fourth-order valence-corrected chi connectivity index (χ4v) is 5.94. The molecule has 29 heavy (non-hydrogen) atoms. The predicted octanol–water partition coefficient (Wildman–Crippen LogP) is 3.65. The van der Waals surface area contributed by atoms with Crippen LogP contribution >= 0.6 is 11.3 Å². The maximum Gasteiger partial charge on any atom is 0.271 e. The predicted molar refractivity (Wildman–Crippen MR) is 118 cm³/mol. The highest BCUT2D eigenvalue weighted by Gasteiger charge is 2.21. The number of likely N-dealkylation sites (tertiary alicyclic amines) is 1. The van der Waals surface area contributed by atoms with Gasteiger partial charge in [0.1, 0.15) is 4.21 Å². The average molecular weight is 436 g/mol. The van der Waals surface area contributed by atoms with Crippen LogP contribution in [0.5, 0.6) is 0 Å². The second kappa shape index (κ2) is 9.73. The molecular formula is C21H29N3O3S2. The molecule has 3 rings (SSSR count). The Hall–Kier alpha value is -1.90. The summed E-state index contributed by atoms with van der Waals surface area (Å²) in [6.45, 7) is 8.51. The van der Waals surface area contributed by atoms with Crippen LogP contribution in [0.1, 0.15) is 37.0 Å². The molecule has 2 N–H and O–H groups in total. The number of sulfonamides is 1. The molecule has 6 nitrogen and oxygen atoms in total. The van der Waals surface area contributed by atoms with Gasteiger partial charge >= 0.3 is 0 Å². The van der Waals surface area contributed by atoms with E-state index in [0.717, 1.165) is 49.2 Å². The number of hydrogen-bond acceptors (Lipinski definition) is 5. The minimum atomic E-state index is -3.58. The van der Waals surface area contributed by atoms with Gasteiger partial charge in [0, 0.05) is 30.9 Å². The molecule has 1 amide bonds. The van der Waals surface area contributed by atoms with Gasteiger partial charge in [-0.2, -0.15) is 0 Å². The smallest absolute Gasteiger partial charge is 0.271 e. The molecule has 158 valence electrons. The van der Waals surface area contributed by atoms with E-state index in [9.17, 15) is 13.2 Å². The number of anilines is 1. The van der Waals surface area contributed by atoms with E-state index in [1.165, 1.54) is 6.42 Å². The van der Waals surface area contributed by atoms with Crippen LogP contribution in [0.25, 0.3) is 0 Å². The van der Waals surface area contributed by atoms with E-state index in [1.807, 2.05) is 0 Å². The Kier molecular flexibility index (Phi) is 7.32. The maximum atomic E-state index is 12.3. The topological polar surface area (TPSA) is 78.5 Å². The number of carbonyl (C=O) groups excluding carboxylic acids is 1. The Bertz CT molecular complexity index is 886. The SMILES string of the molecule is C[C@@H]1C[C@@H](C)CN(CCCNC(=O)c2ccc(NS(=O)(=O)c3cccs3)cc2)C1. The van der Waals surface area contributed by atoms with Crippen LogP contribution in [0.3, 0.4) is 0 Å². The van der Waals surface area contributed by atoms with Crippen LogP contribution < -0.4 is 10.0 Å². The Morgan fingerprint density at radius 2 is 1.83 bits per heavy atom. The van der Waals surface area contributed by atoms with Crippen molar-refractivity contribution in [3.63, 3.8) is 0 Å². The monoisotopic (exact) mass is 435 g/mol. The number of rotatable bonds is 8. The highest BCUT2D eigenvalue weighted by atomic mass is 32.2. The van der Waals surface area contributed by atoms with Gasteiger partial charge in [0.05, 0.1) is 0 Å². The summed E-state index contributed by atoms with van der Waals surface area (Å²) in [5.41, 5.74) is 0.951. The first-order valence-electron chi connectivity index (χ1n) is 10.0. The minimum Gasteiger partial charge on any atom is -0.352 e. The van der Waals surface area contributed by atoms with Crippen LogP contribution in [-0.4, -0.2) is 45.4 Å². The molecule has 2 atom stereocenters. The maximum absolute atomic E-state index is 12.3. The average Bonchev–Trinajstić information content (AvgIpc) is 3.20. The Labute approximate surface area is 177 Å². The van der Waals surface area contributed by atoms with E-state index in [4.69, 9.17) is 0 Å². The van der Waals surface area contributed by atoms with E-state index in [-0.39, 0.29) is 10.1 Å². The standard InChI is InChI=1S/C21H29N3O3S2/c1-16-13-17(2)15-24(14-16)11-4-10-22-21(25)18-6-8-19(9-7-18)23-29(26,27)20-5-3-12-28-20/h3,5-9,12,16-17,23H,4,10-11,13-15H2,1-2H3,(H,22,25)/t16-,17-/m1/s1. The van der Waals surface area contributed by atoms with E-state index in [0.29, 0.717) is 17.8 Å². The van der Waals surface area contributed by atoms with Crippen molar-refractivity contribution >= 4 is 33.0 Å².